The Morgan fingerprint density at radius 2 is 2.18 bits per heavy atom. The third-order valence-corrected chi connectivity index (χ3v) is 4.14. The summed E-state index contributed by atoms with van der Waals surface area (Å²) in [5.41, 5.74) is 0.424. The van der Waals surface area contributed by atoms with Crippen LogP contribution in [-0.2, 0) is 0 Å². The van der Waals surface area contributed by atoms with Crippen molar-refractivity contribution >= 4 is 5.91 Å². The van der Waals surface area contributed by atoms with Gasteiger partial charge in [0, 0.05) is 11.6 Å². The molecule has 3 unspecified atom stereocenters. The van der Waals surface area contributed by atoms with Gasteiger partial charge in [-0.15, -0.1) is 0 Å². The second-order valence-corrected chi connectivity index (χ2v) is 5.27. The van der Waals surface area contributed by atoms with Gasteiger partial charge in [-0.05, 0) is 49.3 Å². The Morgan fingerprint density at radius 3 is 2.82 bits per heavy atom. The largest absolute Gasteiger partial charge is 0.349 e. The Hall–Kier alpha value is -1.38. The average Bonchev–Trinajstić information content (AvgIpc) is 2.91. The van der Waals surface area contributed by atoms with E-state index >= 15 is 0 Å². The zero-order valence-electron chi connectivity index (χ0n) is 9.66. The smallest absolute Gasteiger partial charge is 0.251 e. The van der Waals surface area contributed by atoms with E-state index in [1.807, 2.05) is 0 Å². The standard InChI is InChI=1S/C14H16FNO/c15-12-3-1-2-11(8-12)14(17)16-13-7-9-4-5-10(13)6-9/h1-3,8-10,13H,4-7H2,(H,16,17). The molecule has 2 nitrogen and oxygen atoms in total. The molecule has 0 aliphatic heterocycles. The SMILES string of the molecule is O=C(NC1CC2CCC1C2)c1cccc(F)c1. The van der Waals surface area contributed by atoms with Gasteiger partial charge in [0.1, 0.15) is 5.82 Å². The van der Waals surface area contributed by atoms with Crippen molar-refractivity contribution in [2.24, 2.45) is 11.8 Å². The van der Waals surface area contributed by atoms with Crippen LogP contribution in [0.2, 0.25) is 0 Å². The highest BCUT2D eigenvalue weighted by Crippen LogP contribution is 2.44. The number of fused-ring (bicyclic) bond motifs is 2. The van der Waals surface area contributed by atoms with E-state index in [2.05, 4.69) is 5.32 Å². The Bertz CT molecular complexity index is 446. The first-order valence-electron chi connectivity index (χ1n) is 6.29. The van der Waals surface area contributed by atoms with Crippen LogP contribution in [0.4, 0.5) is 4.39 Å². The van der Waals surface area contributed by atoms with Gasteiger partial charge >= 0.3 is 0 Å². The third kappa shape index (κ3) is 2.06. The van der Waals surface area contributed by atoms with Crippen LogP contribution in [-0.4, -0.2) is 11.9 Å². The van der Waals surface area contributed by atoms with Gasteiger partial charge in [-0.2, -0.15) is 0 Å². The maximum atomic E-state index is 13.0. The molecule has 2 aliphatic rings. The molecule has 3 heteroatoms. The van der Waals surface area contributed by atoms with Crippen molar-refractivity contribution in [3.63, 3.8) is 0 Å². The Kier molecular flexibility index (Phi) is 2.61. The zero-order chi connectivity index (χ0) is 11.8. The minimum Gasteiger partial charge on any atom is -0.349 e. The number of amides is 1. The van der Waals surface area contributed by atoms with Crippen molar-refractivity contribution in [1.82, 2.24) is 5.32 Å². The highest BCUT2D eigenvalue weighted by Gasteiger charge is 2.40. The topological polar surface area (TPSA) is 29.1 Å². The van der Waals surface area contributed by atoms with E-state index in [4.69, 9.17) is 0 Å². The quantitative estimate of drug-likeness (QED) is 0.836. The van der Waals surface area contributed by atoms with Crippen LogP contribution in [0.25, 0.3) is 0 Å². The van der Waals surface area contributed by atoms with Gasteiger partial charge in [-0.3, -0.25) is 4.79 Å². The molecule has 0 saturated heterocycles. The fourth-order valence-electron chi connectivity index (χ4n) is 3.30. The second-order valence-electron chi connectivity index (χ2n) is 5.27. The van der Waals surface area contributed by atoms with E-state index in [0.717, 1.165) is 12.3 Å². The van der Waals surface area contributed by atoms with Gasteiger partial charge in [0.25, 0.3) is 5.91 Å². The molecule has 1 N–H and O–H groups in total. The molecular formula is C14H16FNO. The van der Waals surface area contributed by atoms with E-state index < -0.39 is 0 Å². The van der Waals surface area contributed by atoms with Crippen LogP contribution in [0.5, 0.6) is 0 Å². The van der Waals surface area contributed by atoms with Crippen molar-refractivity contribution in [3.05, 3.63) is 35.6 Å². The van der Waals surface area contributed by atoms with Gasteiger partial charge in [0.15, 0.2) is 0 Å². The Morgan fingerprint density at radius 1 is 1.29 bits per heavy atom. The summed E-state index contributed by atoms with van der Waals surface area (Å²) in [6.07, 6.45) is 4.91. The molecule has 2 fully saturated rings. The van der Waals surface area contributed by atoms with Gasteiger partial charge in [-0.1, -0.05) is 12.5 Å². The number of carbonyl (C=O) groups is 1. The Labute approximate surface area is 100 Å². The van der Waals surface area contributed by atoms with Crippen molar-refractivity contribution in [2.75, 3.05) is 0 Å². The first-order valence-corrected chi connectivity index (χ1v) is 6.29. The molecule has 0 spiro atoms. The number of carbonyl (C=O) groups excluding carboxylic acids is 1. The monoisotopic (exact) mass is 233 g/mol. The molecule has 0 radical (unpaired) electrons. The normalized spacial score (nSPS) is 30.5. The lowest BCUT2D eigenvalue weighted by atomic mass is 9.95. The van der Waals surface area contributed by atoms with Crippen LogP contribution in [0.1, 0.15) is 36.0 Å². The molecule has 2 bridgehead atoms. The van der Waals surface area contributed by atoms with Crippen LogP contribution in [0.3, 0.4) is 0 Å². The maximum Gasteiger partial charge on any atom is 0.251 e. The average molecular weight is 233 g/mol. The summed E-state index contributed by atoms with van der Waals surface area (Å²) in [4.78, 5) is 12.0. The minimum atomic E-state index is -0.356. The van der Waals surface area contributed by atoms with E-state index in [0.29, 0.717) is 17.5 Å². The summed E-state index contributed by atoms with van der Waals surface area (Å²) < 4.78 is 13.0. The molecule has 1 aromatic carbocycles. The zero-order valence-corrected chi connectivity index (χ0v) is 9.66. The second kappa shape index (κ2) is 4.13. The van der Waals surface area contributed by atoms with Crippen LogP contribution in [0, 0.1) is 17.7 Å². The summed E-state index contributed by atoms with van der Waals surface area (Å²) in [5.74, 6) is 0.961. The first kappa shape index (κ1) is 10.8. The number of halogens is 1. The van der Waals surface area contributed by atoms with Gasteiger partial charge in [0.2, 0.25) is 0 Å². The van der Waals surface area contributed by atoms with Crippen LogP contribution < -0.4 is 5.32 Å². The molecule has 1 aromatic rings. The molecule has 1 amide bonds. The molecule has 3 atom stereocenters. The summed E-state index contributed by atoms with van der Waals surface area (Å²) in [5, 5.41) is 3.05. The molecule has 2 aliphatic carbocycles. The third-order valence-electron chi connectivity index (χ3n) is 4.14. The summed E-state index contributed by atoms with van der Waals surface area (Å²) in [6.45, 7) is 0. The van der Waals surface area contributed by atoms with Gasteiger partial charge < -0.3 is 5.32 Å². The number of benzene rings is 1. The predicted octanol–water partition coefficient (Wildman–Crippen LogP) is 2.74. The Balaban J connectivity index is 1.68. The maximum absolute atomic E-state index is 13.0. The fourth-order valence-corrected chi connectivity index (χ4v) is 3.30. The van der Waals surface area contributed by atoms with Crippen molar-refractivity contribution < 1.29 is 9.18 Å². The van der Waals surface area contributed by atoms with Gasteiger partial charge in [-0.25, -0.2) is 4.39 Å². The van der Waals surface area contributed by atoms with Crippen LogP contribution in [0.15, 0.2) is 24.3 Å². The molecule has 0 heterocycles. The molecular weight excluding hydrogens is 217 g/mol. The molecule has 17 heavy (non-hydrogen) atoms. The molecule has 90 valence electrons. The highest BCUT2D eigenvalue weighted by atomic mass is 19.1. The van der Waals surface area contributed by atoms with Crippen molar-refractivity contribution in [2.45, 2.75) is 31.7 Å². The van der Waals surface area contributed by atoms with E-state index in [1.165, 1.54) is 31.4 Å². The summed E-state index contributed by atoms with van der Waals surface area (Å²) in [7, 11) is 0. The molecule has 3 rings (SSSR count). The summed E-state index contributed by atoms with van der Waals surface area (Å²) in [6, 6.07) is 6.19. The highest BCUT2D eigenvalue weighted by molar-refractivity contribution is 5.94. The van der Waals surface area contributed by atoms with Crippen molar-refractivity contribution in [3.8, 4) is 0 Å². The van der Waals surface area contributed by atoms with E-state index in [9.17, 15) is 9.18 Å². The lowest BCUT2D eigenvalue weighted by Gasteiger charge is -2.22. The lowest BCUT2D eigenvalue weighted by Crippen LogP contribution is -2.38. The van der Waals surface area contributed by atoms with Gasteiger partial charge in [0.05, 0.1) is 0 Å². The summed E-state index contributed by atoms with van der Waals surface area (Å²) >= 11 is 0. The lowest BCUT2D eigenvalue weighted by molar-refractivity contribution is 0.0922. The fraction of sp³-hybridized carbons (Fsp3) is 0.500. The number of hydrogen-bond acceptors (Lipinski definition) is 1. The predicted molar refractivity (Wildman–Crippen MR) is 63.1 cm³/mol. The molecule has 2 saturated carbocycles. The van der Waals surface area contributed by atoms with Crippen LogP contribution >= 0.6 is 0 Å². The minimum absolute atomic E-state index is 0.137. The van der Waals surface area contributed by atoms with E-state index in [-0.39, 0.29) is 11.7 Å². The first-order chi connectivity index (χ1) is 8.22. The number of nitrogens with one attached hydrogen (secondary N) is 1. The van der Waals surface area contributed by atoms with Crippen molar-refractivity contribution in [1.29, 1.82) is 0 Å². The van der Waals surface area contributed by atoms with E-state index in [1.54, 1.807) is 12.1 Å². The number of hydrogen-bond donors (Lipinski definition) is 1. The number of rotatable bonds is 2. The molecule has 0 aromatic heterocycles.